The van der Waals surface area contributed by atoms with Crippen LogP contribution in [0.1, 0.15) is 29.5 Å². The van der Waals surface area contributed by atoms with E-state index in [2.05, 4.69) is 153 Å². The minimum Gasteiger partial charge on any atom is -0.308 e. The molecule has 0 spiro atoms. The molecule has 10 aromatic rings. The Morgan fingerprint density at radius 2 is 1.34 bits per heavy atom. The summed E-state index contributed by atoms with van der Waals surface area (Å²) in [4.78, 5) is 0. The van der Waals surface area contributed by atoms with Crippen molar-refractivity contribution in [3.63, 3.8) is 0 Å². The maximum atomic E-state index is 4.87. The number of thiophene rings is 1. The van der Waals surface area contributed by atoms with Gasteiger partial charge in [-0.05, 0) is 79.1 Å². The molecule has 2 aliphatic rings. The molecule has 0 amide bonds. The molecule has 12 rings (SSSR count). The zero-order chi connectivity index (χ0) is 32.7. The molecule has 5 aromatic carbocycles. The number of para-hydroxylation sites is 1. The quantitative estimate of drug-likeness (QED) is 0.144. The molecule has 5 aromatic heterocycles. The van der Waals surface area contributed by atoms with E-state index >= 15 is 0 Å². The van der Waals surface area contributed by atoms with Gasteiger partial charge >= 0.3 is 0 Å². The van der Waals surface area contributed by atoms with E-state index in [0.717, 1.165) is 18.5 Å². The smallest absolute Gasteiger partial charge is 0.249 e. The van der Waals surface area contributed by atoms with Gasteiger partial charge in [0.1, 0.15) is 0 Å². The molecule has 7 heterocycles. The maximum absolute atomic E-state index is 4.87. The number of benzene rings is 5. The molecular formula is C46H31N3S+2. The van der Waals surface area contributed by atoms with Gasteiger partial charge in [-0.1, -0.05) is 54.6 Å². The fourth-order valence-electron chi connectivity index (χ4n) is 9.65. The number of hydrogen-bond acceptors (Lipinski definition) is 1. The van der Waals surface area contributed by atoms with E-state index in [1.807, 2.05) is 11.3 Å². The Bertz CT molecular complexity index is 3090. The van der Waals surface area contributed by atoms with Gasteiger partial charge in [-0.3, -0.25) is 0 Å². The summed E-state index contributed by atoms with van der Waals surface area (Å²) in [7, 11) is 0. The van der Waals surface area contributed by atoms with Crippen molar-refractivity contribution < 1.29 is 9.13 Å². The third kappa shape index (κ3) is 3.39. The molecule has 4 heteroatoms. The summed E-state index contributed by atoms with van der Waals surface area (Å²) in [5.74, 6) is 0.288. The van der Waals surface area contributed by atoms with Gasteiger partial charge in [0.25, 0.3) is 0 Å². The fraction of sp³-hybridized carbons (Fsp3) is 0.0870. The van der Waals surface area contributed by atoms with Crippen molar-refractivity contribution in [2.24, 2.45) is 0 Å². The Hall–Kier alpha value is -5.84. The van der Waals surface area contributed by atoms with Crippen molar-refractivity contribution in [2.75, 3.05) is 0 Å². The molecule has 3 nitrogen and oxygen atoms in total. The van der Waals surface area contributed by atoms with Crippen LogP contribution in [0.15, 0.2) is 146 Å². The van der Waals surface area contributed by atoms with Crippen LogP contribution in [0.3, 0.4) is 0 Å². The van der Waals surface area contributed by atoms with E-state index in [9.17, 15) is 0 Å². The van der Waals surface area contributed by atoms with Crippen LogP contribution in [0, 0.1) is 0 Å². The summed E-state index contributed by atoms with van der Waals surface area (Å²) in [6, 6.07) is 47.9. The maximum Gasteiger partial charge on any atom is 0.249 e. The molecule has 50 heavy (non-hydrogen) atoms. The van der Waals surface area contributed by atoms with Gasteiger partial charge in [0.2, 0.25) is 23.1 Å². The van der Waals surface area contributed by atoms with Crippen LogP contribution in [-0.2, 0) is 6.42 Å². The van der Waals surface area contributed by atoms with E-state index in [-0.39, 0.29) is 12.0 Å². The number of hydrogen-bond donors (Lipinski definition) is 0. The van der Waals surface area contributed by atoms with Crippen LogP contribution in [0.5, 0.6) is 0 Å². The number of aryl methyl sites for hydroxylation is 1. The molecule has 234 valence electrons. The molecule has 0 N–H and O–H groups in total. The molecule has 0 saturated heterocycles. The highest BCUT2D eigenvalue weighted by molar-refractivity contribution is 7.25. The summed E-state index contributed by atoms with van der Waals surface area (Å²) in [5.41, 5.74) is 12.9. The monoisotopic (exact) mass is 657 g/mol. The first kappa shape index (κ1) is 27.0. The highest BCUT2D eigenvalue weighted by Gasteiger charge is 2.46. The Morgan fingerprint density at radius 3 is 2.26 bits per heavy atom. The van der Waals surface area contributed by atoms with Gasteiger partial charge in [-0.25, -0.2) is 0 Å². The van der Waals surface area contributed by atoms with E-state index < -0.39 is 0 Å². The van der Waals surface area contributed by atoms with Crippen LogP contribution >= 0.6 is 11.3 Å². The van der Waals surface area contributed by atoms with Crippen LogP contribution in [-0.4, -0.2) is 4.40 Å². The number of fused-ring (bicyclic) bond motifs is 18. The Morgan fingerprint density at radius 1 is 0.600 bits per heavy atom. The van der Waals surface area contributed by atoms with Crippen LogP contribution < -0.4 is 9.13 Å². The number of nitrogens with zero attached hydrogens (tertiary/aromatic N) is 3. The van der Waals surface area contributed by atoms with Crippen molar-refractivity contribution in [1.29, 1.82) is 0 Å². The van der Waals surface area contributed by atoms with Gasteiger partial charge in [0, 0.05) is 71.5 Å². The number of rotatable bonds is 0. The third-order valence-electron chi connectivity index (χ3n) is 11.8. The summed E-state index contributed by atoms with van der Waals surface area (Å²) < 4.78 is 10.1. The first-order chi connectivity index (χ1) is 24.7. The summed E-state index contributed by atoms with van der Waals surface area (Å²) in [5, 5.41) is 8.00. The van der Waals surface area contributed by atoms with Crippen LogP contribution in [0.25, 0.3) is 86.5 Å². The second kappa shape index (κ2) is 9.65. The van der Waals surface area contributed by atoms with Gasteiger partial charge in [0.05, 0.1) is 28.0 Å². The van der Waals surface area contributed by atoms with Crippen molar-refractivity contribution in [3.05, 3.63) is 157 Å². The molecule has 0 saturated carbocycles. The predicted octanol–water partition coefficient (Wildman–Crippen LogP) is 10.9. The second-order valence-corrected chi connectivity index (χ2v) is 15.2. The zero-order valence-electron chi connectivity index (χ0n) is 27.3. The fourth-order valence-corrected chi connectivity index (χ4v) is 10.8. The van der Waals surface area contributed by atoms with Crippen molar-refractivity contribution in [2.45, 2.75) is 24.8 Å². The Balaban J connectivity index is 1.15. The lowest BCUT2D eigenvalue weighted by Gasteiger charge is -2.29. The molecule has 2 aliphatic heterocycles. The van der Waals surface area contributed by atoms with Crippen molar-refractivity contribution in [3.8, 4) is 22.5 Å². The average molecular weight is 658 g/mol. The topological polar surface area (TPSA) is 12.2 Å². The molecule has 0 bridgehead atoms. The molecule has 0 radical (unpaired) electrons. The first-order valence-electron chi connectivity index (χ1n) is 17.6. The van der Waals surface area contributed by atoms with E-state index in [1.54, 1.807) is 0 Å². The summed E-state index contributed by atoms with van der Waals surface area (Å²) in [6.07, 6.45) is 6.47. The van der Waals surface area contributed by atoms with E-state index in [0.29, 0.717) is 0 Å². The highest BCUT2D eigenvalue weighted by Crippen LogP contribution is 2.47. The van der Waals surface area contributed by atoms with Crippen molar-refractivity contribution >= 4 is 75.3 Å². The molecule has 2 unspecified atom stereocenters. The summed E-state index contributed by atoms with van der Waals surface area (Å²) in [6.45, 7) is 4.87. The first-order valence-corrected chi connectivity index (χ1v) is 18.4. The average Bonchev–Trinajstić information content (AvgIpc) is 3.82. The van der Waals surface area contributed by atoms with Crippen LogP contribution in [0.4, 0.5) is 0 Å². The normalized spacial score (nSPS) is 17.1. The predicted molar refractivity (Wildman–Crippen MR) is 207 cm³/mol. The lowest BCUT2D eigenvalue weighted by Crippen LogP contribution is -2.53. The number of allylic oxidation sites excluding steroid dienone is 1. The van der Waals surface area contributed by atoms with Crippen LogP contribution in [0.2, 0.25) is 0 Å². The second-order valence-electron chi connectivity index (χ2n) is 14.1. The lowest BCUT2D eigenvalue weighted by molar-refractivity contribution is -0.727. The van der Waals surface area contributed by atoms with Crippen molar-refractivity contribution in [1.82, 2.24) is 4.40 Å². The molecule has 0 fully saturated rings. The van der Waals surface area contributed by atoms with Gasteiger partial charge in [-0.15, -0.1) is 11.3 Å². The number of aromatic nitrogens is 3. The van der Waals surface area contributed by atoms with Gasteiger partial charge in [-0.2, -0.15) is 9.13 Å². The SMILES string of the molecule is C=C1C2C(CCc3cc4c(cc3-c3cccc[n+]31)c1cccc3c5cc6c(cc5n4c13)sc1ccccc16)c1ccccc1-c1cccc[n+]12. The minimum atomic E-state index is 0.103. The third-order valence-corrected chi connectivity index (χ3v) is 12.9. The largest absolute Gasteiger partial charge is 0.308 e. The van der Waals surface area contributed by atoms with E-state index in [4.69, 9.17) is 6.58 Å². The Kier molecular flexibility index (Phi) is 5.22. The lowest BCUT2D eigenvalue weighted by atomic mass is 9.78. The minimum absolute atomic E-state index is 0.103. The molecular weight excluding hydrogens is 627 g/mol. The van der Waals surface area contributed by atoms with Gasteiger partial charge in [0.15, 0.2) is 12.4 Å². The standard InChI is InChI=1S/C46H31N3S/c1-27-45-34(29-11-2-3-12-30(29)39-16-7-9-22-48(39)45)20-19-28-23-41-36(24-35(28)40-17-6-8-21-47(27)40)32-14-10-15-33-37-25-38-31-13-4-5-18-43(31)50-44(38)26-42(37)49(41)46(32)33/h2-18,21-26,34,45H,1,19-20H2/q+2. The highest BCUT2D eigenvalue weighted by atomic mass is 32.1. The molecule has 0 aliphatic carbocycles. The number of pyridine rings is 2. The molecule has 2 atom stereocenters. The van der Waals surface area contributed by atoms with E-state index in [1.165, 1.54) is 91.9 Å². The zero-order valence-corrected chi connectivity index (χ0v) is 28.1. The van der Waals surface area contributed by atoms with Gasteiger partial charge < -0.3 is 4.40 Å². The Labute approximate surface area is 292 Å². The summed E-state index contributed by atoms with van der Waals surface area (Å²) >= 11 is 1.90.